The lowest BCUT2D eigenvalue weighted by Crippen LogP contribution is -2.23. The standard InChI is InChI=1S/C10H13ClN2O4/c1-6-2-9(12-4-7(15)5-14)8(11)3-10(6)13(16)17/h2-3,7,12,14-15H,4-5H2,1H3. The highest BCUT2D eigenvalue weighted by atomic mass is 35.5. The van der Waals surface area contributed by atoms with E-state index in [1.54, 1.807) is 6.92 Å². The van der Waals surface area contributed by atoms with E-state index in [1.807, 2.05) is 0 Å². The minimum absolute atomic E-state index is 0.0525. The Kier molecular flexibility index (Phi) is 4.68. The van der Waals surface area contributed by atoms with Crippen LogP contribution in [0, 0.1) is 17.0 Å². The summed E-state index contributed by atoms with van der Waals surface area (Å²) in [5.41, 5.74) is 0.908. The van der Waals surface area contributed by atoms with Crippen LogP contribution in [-0.4, -0.2) is 34.4 Å². The molecule has 17 heavy (non-hydrogen) atoms. The van der Waals surface area contributed by atoms with Crippen molar-refractivity contribution >= 4 is 23.0 Å². The van der Waals surface area contributed by atoms with Gasteiger partial charge in [-0.3, -0.25) is 10.1 Å². The predicted molar refractivity (Wildman–Crippen MR) is 64.4 cm³/mol. The SMILES string of the molecule is Cc1cc(NCC(O)CO)c(Cl)cc1[N+](=O)[O-]. The zero-order chi connectivity index (χ0) is 13.0. The van der Waals surface area contributed by atoms with Gasteiger partial charge in [0.2, 0.25) is 0 Å². The van der Waals surface area contributed by atoms with Gasteiger partial charge in [-0.2, -0.15) is 0 Å². The monoisotopic (exact) mass is 260 g/mol. The maximum Gasteiger partial charge on any atom is 0.273 e. The lowest BCUT2D eigenvalue weighted by atomic mass is 10.2. The van der Waals surface area contributed by atoms with Crippen LogP contribution in [0.2, 0.25) is 5.02 Å². The van der Waals surface area contributed by atoms with E-state index in [2.05, 4.69) is 5.32 Å². The molecule has 0 heterocycles. The molecule has 0 saturated carbocycles. The van der Waals surface area contributed by atoms with Crippen molar-refractivity contribution in [2.75, 3.05) is 18.5 Å². The molecule has 0 aliphatic heterocycles. The Hall–Kier alpha value is -1.37. The van der Waals surface area contributed by atoms with E-state index >= 15 is 0 Å². The lowest BCUT2D eigenvalue weighted by Gasteiger charge is -2.12. The van der Waals surface area contributed by atoms with Gasteiger partial charge in [0.25, 0.3) is 5.69 Å². The van der Waals surface area contributed by atoms with Gasteiger partial charge in [-0.15, -0.1) is 0 Å². The van der Waals surface area contributed by atoms with Crippen LogP contribution >= 0.6 is 11.6 Å². The second-order valence-electron chi connectivity index (χ2n) is 3.59. The summed E-state index contributed by atoms with van der Waals surface area (Å²) in [5, 5.41) is 31.5. The molecule has 1 atom stereocenters. The van der Waals surface area contributed by atoms with E-state index in [0.29, 0.717) is 11.3 Å². The maximum atomic E-state index is 10.7. The number of nitrogens with one attached hydrogen (secondary N) is 1. The van der Waals surface area contributed by atoms with Crippen molar-refractivity contribution in [2.45, 2.75) is 13.0 Å². The molecule has 0 aliphatic carbocycles. The highest BCUT2D eigenvalue weighted by Crippen LogP contribution is 2.30. The smallest absolute Gasteiger partial charge is 0.273 e. The van der Waals surface area contributed by atoms with Crippen molar-refractivity contribution < 1.29 is 15.1 Å². The van der Waals surface area contributed by atoms with Crippen molar-refractivity contribution in [3.05, 3.63) is 32.8 Å². The van der Waals surface area contributed by atoms with E-state index in [-0.39, 0.29) is 23.9 Å². The summed E-state index contributed by atoms with van der Waals surface area (Å²) in [5.74, 6) is 0. The number of aliphatic hydroxyl groups excluding tert-OH is 2. The molecule has 0 saturated heterocycles. The number of aliphatic hydroxyl groups is 2. The normalized spacial score (nSPS) is 12.2. The summed E-state index contributed by atoms with van der Waals surface area (Å²) >= 11 is 5.86. The van der Waals surface area contributed by atoms with Crippen LogP contribution in [0.3, 0.4) is 0 Å². The molecule has 0 fully saturated rings. The van der Waals surface area contributed by atoms with Gasteiger partial charge in [-0.1, -0.05) is 11.6 Å². The van der Waals surface area contributed by atoms with Crippen LogP contribution in [0.15, 0.2) is 12.1 Å². The zero-order valence-corrected chi connectivity index (χ0v) is 9.94. The molecule has 0 radical (unpaired) electrons. The number of aryl methyl sites for hydroxylation is 1. The highest BCUT2D eigenvalue weighted by Gasteiger charge is 2.14. The Bertz CT molecular complexity index is 425. The zero-order valence-electron chi connectivity index (χ0n) is 9.18. The van der Waals surface area contributed by atoms with Crippen LogP contribution in [0.1, 0.15) is 5.56 Å². The number of nitro groups is 1. The van der Waals surface area contributed by atoms with Crippen molar-refractivity contribution in [2.24, 2.45) is 0 Å². The second kappa shape index (κ2) is 5.81. The van der Waals surface area contributed by atoms with Crippen LogP contribution in [0.25, 0.3) is 0 Å². The number of nitrogens with zero attached hydrogens (tertiary/aromatic N) is 1. The first-order valence-corrected chi connectivity index (χ1v) is 5.30. The molecule has 0 amide bonds. The fourth-order valence-corrected chi connectivity index (χ4v) is 1.52. The van der Waals surface area contributed by atoms with E-state index in [9.17, 15) is 10.1 Å². The number of nitro benzene ring substituents is 1. The van der Waals surface area contributed by atoms with Gasteiger partial charge in [-0.25, -0.2) is 0 Å². The molecule has 6 nitrogen and oxygen atoms in total. The Labute approximate surface area is 103 Å². The molecule has 1 aromatic rings. The molecule has 7 heteroatoms. The third-order valence-corrected chi connectivity index (χ3v) is 2.53. The van der Waals surface area contributed by atoms with Gasteiger partial charge in [0.1, 0.15) is 0 Å². The molecular weight excluding hydrogens is 248 g/mol. The van der Waals surface area contributed by atoms with E-state index in [4.69, 9.17) is 21.8 Å². The Morgan fingerprint density at radius 3 is 2.76 bits per heavy atom. The molecule has 1 aromatic carbocycles. The Balaban J connectivity index is 2.88. The molecule has 0 aromatic heterocycles. The predicted octanol–water partition coefficient (Wildman–Crippen LogP) is 1.32. The first-order chi connectivity index (χ1) is 7.95. The Morgan fingerprint density at radius 1 is 1.59 bits per heavy atom. The molecule has 94 valence electrons. The number of halogens is 1. The maximum absolute atomic E-state index is 10.7. The van der Waals surface area contributed by atoms with E-state index in [1.165, 1.54) is 12.1 Å². The van der Waals surface area contributed by atoms with E-state index in [0.717, 1.165) is 0 Å². The summed E-state index contributed by atoms with van der Waals surface area (Å²) in [6.45, 7) is 1.35. The summed E-state index contributed by atoms with van der Waals surface area (Å²) in [6.07, 6.45) is -0.901. The number of hydrogen-bond acceptors (Lipinski definition) is 5. The minimum atomic E-state index is -0.901. The van der Waals surface area contributed by atoms with Gasteiger partial charge in [-0.05, 0) is 13.0 Å². The van der Waals surface area contributed by atoms with Gasteiger partial charge < -0.3 is 15.5 Å². The third-order valence-electron chi connectivity index (χ3n) is 2.22. The van der Waals surface area contributed by atoms with Gasteiger partial charge in [0.05, 0.1) is 28.3 Å². The molecule has 0 spiro atoms. The lowest BCUT2D eigenvalue weighted by molar-refractivity contribution is -0.385. The Morgan fingerprint density at radius 2 is 2.24 bits per heavy atom. The molecular formula is C10H13ClN2O4. The number of anilines is 1. The molecule has 1 rings (SSSR count). The topological polar surface area (TPSA) is 95.6 Å². The second-order valence-corrected chi connectivity index (χ2v) is 4.00. The van der Waals surface area contributed by atoms with Crippen molar-refractivity contribution in [3.8, 4) is 0 Å². The summed E-state index contributed by atoms with van der Waals surface area (Å²) in [6, 6.07) is 2.79. The third kappa shape index (κ3) is 3.55. The number of rotatable bonds is 5. The van der Waals surface area contributed by atoms with Crippen molar-refractivity contribution in [1.29, 1.82) is 0 Å². The summed E-state index contributed by atoms with van der Waals surface area (Å²) < 4.78 is 0. The molecule has 0 bridgehead atoms. The highest BCUT2D eigenvalue weighted by molar-refractivity contribution is 6.33. The average molecular weight is 261 g/mol. The summed E-state index contributed by atoms with van der Waals surface area (Å²) in [4.78, 5) is 10.1. The van der Waals surface area contributed by atoms with Crippen LogP contribution < -0.4 is 5.32 Å². The van der Waals surface area contributed by atoms with Gasteiger partial charge >= 0.3 is 0 Å². The first kappa shape index (κ1) is 13.7. The fourth-order valence-electron chi connectivity index (χ4n) is 1.30. The van der Waals surface area contributed by atoms with E-state index < -0.39 is 11.0 Å². The van der Waals surface area contributed by atoms with Crippen LogP contribution in [0.5, 0.6) is 0 Å². The van der Waals surface area contributed by atoms with Crippen LogP contribution in [-0.2, 0) is 0 Å². The minimum Gasteiger partial charge on any atom is -0.394 e. The quantitative estimate of drug-likeness (QED) is 0.548. The fraction of sp³-hybridized carbons (Fsp3) is 0.400. The largest absolute Gasteiger partial charge is 0.394 e. The van der Waals surface area contributed by atoms with Crippen LogP contribution in [0.4, 0.5) is 11.4 Å². The van der Waals surface area contributed by atoms with Gasteiger partial charge in [0.15, 0.2) is 0 Å². The first-order valence-electron chi connectivity index (χ1n) is 4.93. The van der Waals surface area contributed by atoms with Crippen molar-refractivity contribution in [3.63, 3.8) is 0 Å². The molecule has 0 aliphatic rings. The molecule has 1 unspecified atom stereocenters. The number of hydrogen-bond donors (Lipinski definition) is 3. The summed E-state index contributed by atoms with van der Waals surface area (Å²) in [7, 11) is 0. The van der Waals surface area contributed by atoms with Gasteiger partial charge in [0, 0.05) is 18.2 Å². The van der Waals surface area contributed by atoms with Crippen molar-refractivity contribution in [1.82, 2.24) is 0 Å². The average Bonchev–Trinajstić information content (AvgIpc) is 2.28. The number of benzene rings is 1. The molecule has 3 N–H and O–H groups in total.